The number of hydrogen-bond acceptors (Lipinski definition) is 6. The smallest absolute Gasteiger partial charge is 0.308 e. The van der Waals surface area contributed by atoms with Gasteiger partial charge in [-0.3, -0.25) is 21.1 Å². The summed E-state index contributed by atoms with van der Waals surface area (Å²) in [4.78, 5) is 24.5. The first-order valence-electron chi connectivity index (χ1n) is 19.1. The summed E-state index contributed by atoms with van der Waals surface area (Å²) in [6, 6.07) is 0. The average molecular weight is 635 g/mol. The molecule has 1 unspecified atom stereocenters. The number of carbonyl (C=O) groups is 2. The van der Waals surface area contributed by atoms with E-state index in [9.17, 15) is 9.59 Å². The van der Waals surface area contributed by atoms with Gasteiger partial charge in [0.15, 0.2) is 6.10 Å². The molecule has 1 atom stereocenters. The second-order valence-corrected chi connectivity index (χ2v) is 13.1. The number of allylic oxidation sites excluding steroid dienone is 4. The van der Waals surface area contributed by atoms with Gasteiger partial charge in [0.2, 0.25) is 0 Å². The van der Waals surface area contributed by atoms with E-state index in [0.29, 0.717) is 6.42 Å². The molecular weight excluding hydrogens is 560 g/mol. The first-order valence-corrected chi connectivity index (χ1v) is 19.1. The van der Waals surface area contributed by atoms with Crippen molar-refractivity contribution in [2.75, 3.05) is 0 Å². The Morgan fingerprint density at radius 3 is 1.20 bits per heavy atom. The Kier molecular flexibility index (Phi) is 31.1. The van der Waals surface area contributed by atoms with Gasteiger partial charge in [0.25, 0.3) is 5.85 Å². The highest BCUT2D eigenvalue weighted by Crippen LogP contribution is 2.15. The summed E-state index contributed by atoms with van der Waals surface area (Å²) in [6.45, 7) is 6.09. The van der Waals surface area contributed by atoms with E-state index in [0.717, 1.165) is 57.8 Å². The summed E-state index contributed by atoms with van der Waals surface area (Å²) in [6.07, 6.45) is 40.3. The molecule has 0 rings (SSSR count). The van der Waals surface area contributed by atoms with Gasteiger partial charge in [-0.1, -0.05) is 141 Å². The van der Waals surface area contributed by atoms with Gasteiger partial charge >= 0.3 is 11.9 Å². The average Bonchev–Trinajstić information content (AvgIpc) is 3.00. The molecule has 0 saturated heterocycles. The minimum Gasteiger partial charge on any atom is -0.455 e. The summed E-state index contributed by atoms with van der Waals surface area (Å²) in [5, 5.41) is 0. The predicted molar refractivity (Wildman–Crippen MR) is 192 cm³/mol. The molecule has 6 heteroatoms. The Hall–Kier alpha value is -1.66. The Morgan fingerprint density at radius 2 is 0.822 bits per heavy atom. The Morgan fingerprint density at radius 1 is 0.511 bits per heavy atom. The number of ether oxygens (including phenoxy) is 2. The van der Waals surface area contributed by atoms with E-state index in [2.05, 4.69) is 38.2 Å². The van der Waals surface area contributed by atoms with E-state index < -0.39 is 17.9 Å². The Bertz CT molecular complexity index is 735. The minimum absolute atomic E-state index is 0.268. The molecular formula is C39H74N2O4. The lowest BCUT2D eigenvalue weighted by atomic mass is 10.1. The van der Waals surface area contributed by atoms with E-state index in [-0.39, 0.29) is 12.4 Å². The van der Waals surface area contributed by atoms with Gasteiger partial charge in [-0.15, -0.1) is 0 Å². The highest BCUT2D eigenvalue weighted by molar-refractivity contribution is 5.70. The van der Waals surface area contributed by atoms with Crippen LogP contribution in [0, 0.1) is 0 Å². The normalized spacial score (nSPS) is 12.7. The zero-order valence-electron chi connectivity index (χ0n) is 30.0. The van der Waals surface area contributed by atoms with Gasteiger partial charge in [-0.2, -0.15) is 0 Å². The fourth-order valence-corrected chi connectivity index (χ4v) is 5.36. The van der Waals surface area contributed by atoms with Gasteiger partial charge in [0.1, 0.15) is 0 Å². The molecule has 0 aromatic heterocycles. The topological polar surface area (TPSA) is 105 Å². The van der Waals surface area contributed by atoms with Crippen LogP contribution in [0.1, 0.15) is 201 Å². The third-order valence-electron chi connectivity index (χ3n) is 8.52. The fraction of sp³-hybridized carbons (Fsp3) is 0.846. The minimum atomic E-state index is -1.82. The van der Waals surface area contributed by atoms with E-state index in [1.165, 1.54) is 109 Å². The summed E-state index contributed by atoms with van der Waals surface area (Å²) < 4.78 is 10.7. The first kappa shape index (κ1) is 43.3. The molecule has 0 aromatic carbocycles. The molecule has 4 N–H and O–H groups in total. The molecule has 0 saturated carbocycles. The molecule has 0 radical (unpaired) electrons. The van der Waals surface area contributed by atoms with Crippen LogP contribution in [0.25, 0.3) is 0 Å². The Balaban J connectivity index is 3.73. The zero-order chi connectivity index (χ0) is 33.3. The molecule has 0 aliphatic rings. The molecule has 45 heavy (non-hydrogen) atoms. The molecule has 0 heterocycles. The third-order valence-corrected chi connectivity index (χ3v) is 8.52. The van der Waals surface area contributed by atoms with Crippen LogP contribution < -0.4 is 11.5 Å². The lowest BCUT2D eigenvalue weighted by molar-refractivity contribution is -0.183. The summed E-state index contributed by atoms with van der Waals surface area (Å²) >= 11 is 0. The molecule has 0 spiro atoms. The lowest BCUT2D eigenvalue weighted by Crippen LogP contribution is -2.61. The van der Waals surface area contributed by atoms with Gasteiger partial charge in [-0.25, -0.2) is 0 Å². The van der Waals surface area contributed by atoms with Gasteiger partial charge in [0, 0.05) is 12.8 Å². The van der Waals surface area contributed by atoms with Crippen LogP contribution in [-0.4, -0.2) is 23.9 Å². The standard InChI is InChI=1S/C39H74N2O4/c1-4-6-8-10-12-14-16-18-20-22-24-26-28-30-32-34-37(42)44-36(3)39(40,41)45-38(43)35-33-31-29-27-25-23-21-19-17-15-13-11-9-7-5-2/h18-21,36H,4-17,22-35,40-41H2,1-3H3/b20-18-,21-19-. The van der Waals surface area contributed by atoms with Gasteiger partial charge < -0.3 is 9.47 Å². The third kappa shape index (κ3) is 30.7. The molecule has 6 nitrogen and oxygen atoms in total. The van der Waals surface area contributed by atoms with Gasteiger partial charge in [-0.05, 0) is 71.1 Å². The second-order valence-electron chi connectivity index (χ2n) is 13.1. The maximum absolute atomic E-state index is 12.3. The number of esters is 2. The first-order chi connectivity index (χ1) is 21.8. The van der Waals surface area contributed by atoms with Crippen LogP contribution in [0.5, 0.6) is 0 Å². The van der Waals surface area contributed by atoms with E-state index in [1.807, 2.05) is 0 Å². The predicted octanol–water partition coefficient (Wildman–Crippen LogP) is 11.1. The van der Waals surface area contributed by atoms with Crippen molar-refractivity contribution in [1.29, 1.82) is 0 Å². The summed E-state index contributed by atoms with van der Waals surface area (Å²) in [5.41, 5.74) is 12.0. The van der Waals surface area contributed by atoms with Crippen LogP contribution in [0.3, 0.4) is 0 Å². The number of carbonyl (C=O) groups excluding carboxylic acids is 2. The van der Waals surface area contributed by atoms with E-state index in [4.69, 9.17) is 20.9 Å². The van der Waals surface area contributed by atoms with Crippen LogP contribution >= 0.6 is 0 Å². The van der Waals surface area contributed by atoms with Crippen molar-refractivity contribution >= 4 is 11.9 Å². The molecule has 0 aliphatic heterocycles. The molecule has 0 amide bonds. The van der Waals surface area contributed by atoms with Crippen LogP contribution in [-0.2, 0) is 19.1 Å². The number of unbranched alkanes of at least 4 members (excludes halogenated alkanes) is 22. The second kappa shape index (κ2) is 32.3. The quantitative estimate of drug-likeness (QED) is 0.0322. The SMILES string of the molecule is CCCCCCCC/C=C\CCCCCCCC(=O)OC(C)C(N)(N)OC(=O)CCCCCCC/C=C\CCCCCCCC. The van der Waals surface area contributed by atoms with Crippen molar-refractivity contribution in [2.24, 2.45) is 11.5 Å². The van der Waals surface area contributed by atoms with E-state index in [1.54, 1.807) is 6.92 Å². The zero-order valence-corrected chi connectivity index (χ0v) is 30.0. The monoisotopic (exact) mass is 635 g/mol. The molecule has 264 valence electrons. The van der Waals surface area contributed by atoms with E-state index >= 15 is 0 Å². The Labute approximate surface area is 278 Å². The molecule has 0 fully saturated rings. The summed E-state index contributed by atoms with van der Waals surface area (Å²) in [5.74, 6) is -2.62. The van der Waals surface area contributed by atoms with Gasteiger partial charge in [0.05, 0.1) is 0 Å². The highest BCUT2D eigenvalue weighted by Gasteiger charge is 2.34. The van der Waals surface area contributed by atoms with Crippen molar-refractivity contribution < 1.29 is 19.1 Å². The van der Waals surface area contributed by atoms with Crippen molar-refractivity contribution in [3.63, 3.8) is 0 Å². The number of hydrogen-bond donors (Lipinski definition) is 2. The number of rotatable bonds is 33. The van der Waals surface area contributed by atoms with Crippen molar-refractivity contribution in [1.82, 2.24) is 0 Å². The summed E-state index contributed by atoms with van der Waals surface area (Å²) in [7, 11) is 0. The lowest BCUT2D eigenvalue weighted by Gasteiger charge is -2.30. The van der Waals surface area contributed by atoms with Crippen molar-refractivity contribution in [3.05, 3.63) is 24.3 Å². The highest BCUT2D eigenvalue weighted by atomic mass is 16.6. The molecule has 0 bridgehead atoms. The maximum atomic E-state index is 12.3. The molecule has 0 aliphatic carbocycles. The number of nitrogens with two attached hydrogens (primary N) is 2. The van der Waals surface area contributed by atoms with Crippen LogP contribution in [0.2, 0.25) is 0 Å². The maximum Gasteiger partial charge on any atom is 0.308 e. The van der Waals surface area contributed by atoms with Crippen LogP contribution in [0.15, 0.2) is 24.3 Å². The molecule has 0 aromatic rings. The van der Waals surface area contributed by atoms with Crippen molar-refractivity contribution in [3.8, 4) is 0 Å². The largest absolute Gasteiger partial charge is 0.455 e. The fourth-order valence-electron chi connectivity index (χ4n) is 5.36. The van der Waals surface area contributed by atoms with Crippen LogP contribution in [0.4, 0.5) is 0 Å². The van der Waals surface area contributed by atoms with Crippen molar-refractivity contribution in [2.45, 2.75) is 213 Å².